The normalized spacial score (nSPS) is 19.5. The Labute approximate surface area is 222 Å². The molecule has 4 heterocycles. The first kappa shape index (κ1) is 24.9. The molecule has 1 fully saturated rings. The van der Waals surface area contributed by atoms with E-state index in [2.05, 4.69) is 61.2 Å². The molecule has 0 saturated carbocycles. The highest BCUT2D eigenvalue weighted by molar-refractivity contribution is 7.97. The Balaban J connectivity index is 1.08. The number of nitrogens with one attached hydrogen (secondary N) is 1. The number of amides is 1. The van der Waals surface area contributed by atoms with E-state index in [4.69, 9.17) is 9.47 Å². The molecule has 0 spiro atoms. The number of likely N-dealkylation sites (tertiary alicyclic amines) is 1. The number of hydrogen-bond acceptors (Lipinski definition) is 6. The van der Waals surface area contributed by atoms with Gasteiger partial charge in [0.25, 0.3) is 0 Å². The van der Waals surface area contributed by atoms with Gasteiger partial charge in [0, 0.05) is 31.1 Å². The summed E-state index contributed by atoms with van der Waals surface area (Å²) >= 11 is 1.19. The maximum Gasteiger partial charge on any atom is 0.234 e. The number of aromatic nitrogens is 2. The van der Waals surface area contributed by atoms with Gasteiger partial charge in [-0.3, -0.25) is 14.4 Å². The fourth-order valence-corrected chi connectivity index (χ4v) is 6.29. The first-order chi connectivity index (χ1) is 17.9. The molecule has 0 bridgehead atoms. The van der Waals surface area contributed by atoms with Crippen molar-refractivity contribution in [1.29, 1.82) is 0 Å². The van der Waals surface area contributed by atoms with Crippen LogP contribution in [0.25, 0.3) is 11.1 Å². The first-order valence-corrected chi connectivity index (χ1v) is 14.0. The highest BCUT2D eigenvalue weighted by Gasteiger charge is 2.35. The number of ether oxygens (including phenoxy) is 2. The molecule has 6 rings (SSSR count). The van der Waals surface area contributed by atoms with E-state index >= 15 is 0 Å². The molecule has 3 aliphatic heterocycles. The van der Waals surface area contributed by atoms with Gasteiger partial charge in [-0.2, -0.15) is 5.10 Å². The Hall–Kier alpha value is -2.45. The Morgan fingerprint density at radius 2 is 2.05 bits per heavy atom. The van der Waals surface area contributed by atoms with Crippen molar-refractivity contribution in [2.45, 2.75) is 50.2 Å². The highest BCUT2D eigenvalue weighted by Crippen LogP contribution is 2.29. The minimum absolute atomic E-state index is 0.0881. The number of halogens is 1. The van der Waals surface area contributed by atoms with Crippen molar-refractivity contribution in [3.63, 3.8) is 0 Å². The number of carbonyl (C=O) groups is 1. The molecule has 37 heavy (non-hydrogen) atoms. The fourth-order valence-electron chi connectivity index (χ4n) is 5.19. The van der Waals surface area contributed by atoms with Crippen LogP contribution in [0.5, 0.6) is 5.88 Å². The largest absolute Gasteiger partial charge is 0.476 e. The van der Waals surface area contributed by atoms with E-state index in [1.807, 2.05) is 6.07 Å². The summed E-state index contributed by atoms with van der Waals surface area (Å²) in [5.74, 6) is 0.590. The lowest BCUT2D eigenvalue weighted by molar-refractivity contribution is -0.118. The minimum atomic E-state index is -0.735. The van der Waals surface area contributed by atoms with E-state index in [-0.39, 0.29) is 18.4 Å². The number of rotatable bonds is 6. The van der Waals surface area contributed by atoms with Crippen molar-refractivity contribution in [3.8, 4) is 17.0 Å². The monoisotopic (exact) mass is 540 g/mol. The van der Waals surface area contributed by atoms with Crippen LogP contribution in [0, 0.1) is 6.92 Å². The molecule has 1 saturated heterocycles. The Morgan fingerprint density at radius 3 is 2.86 bits per heavy atom. The van der Waals surface area contributed by atoms with Gasteiger partial charge in [0.05, 0.1) is 32.2 Å². The Kier molecular flexibility index (Phi) is 6.97. The van der Waals surface area contributed by atoms with Crippen LogP contribution in [0.2, 0.25) is 0 Å². The number of fused-ring (bicyclic) bond motifs is 2. The van der Waals surface area contributed by atoms with E-state index in [0.717, 1.165) is 40.6 Å². The predicted octanol–water partition coefficient (Wildman–Crippen LogP) is 3.21. The molecule has 2 aromatic carbocycles. The number of nitrogens with zero attached hydrogens (tertiary/aromatic N) is 3. The number of benzene rings is 2. The molecule has 0 radical (unpaired) electrons. The van der Waals surface area contributed by atoms with E-state index < -0.39 is 6.17 Å². The van der Waals surface area contributed by atoms with E-state index in [1.165, 1.54) is 23.1 Å². The second-order valence-corrected chi connectivity index (χ2v) is 11.4. The molecule has 2 atom stereocenters. The Bertz CT molecular complexity index is 1320. The average Bonchev–Trinajstić information content (AvgIpc) is 3.29. The zero-order valence-electron chi connectivity index (χ0n) is 20.7. The average molecular weight is 541 g/mol. The molecule has 1 unspecified atom stereocenters. The van der Waals surface area contributed by atoms with Gasteiger partial charge in [-0.25, -0.2) is 9.07 Å². The van der Waals surface area contributed by atoms with Gasteiger partial charge in [-0.05, 0) is 64.2 Å². The van der Waals surface area contributed by atoms with Crippen LogP contribution in [0.4, 0.5) is 4.39 Å². The number of hydrogen-bond donors (Lipinski definition) is 1. The van der Waals surface area contributed by atoms with Gasteiger partial charge in [0.1, 0.15) is 17.8 Å². The summed E-state index contributed by atoms with van der Waals surface area (Å²) in [4.78, 5) is 14.9. The zero-order valence-corrected chi connectivity index (χ0v) is 22.7. The van der Waals surface area contributed by atoms with Crippen molar-refractivity contribution in [1.82, 2.24) is 19.4 Å². The lowest BCUT2D eigenvalue weighted by Crippen LogP contribution is -2.57. The predicted molar refractivity (Wildman–Crippen MR) is 145 cm³/mol. The van der Waals surface area contributed by atoms with Crippen molar-refractivity contribution < 1.29 is 18.7 Å². The number of alkyl halides is 1. The summed E-state index contributed by atoms with van der Waals surface area (Å²) in [6.07, 6.45) is 0.506. The molecule has 0 aliphatic carbocycles. The van der Waals surface area contributed by atoms with Gasteiger partial charge < -0.3 is 9.47 Å². The van der Waals surface area contributed by atoms with E-state index in [9.17, 15) is 9.18 Å². The second-order valence-electron chi connectivity index (χ2n) is 9.97. The molecule has 1 N–H and O–H groups in total. The third-order valence-corrected chi connectivity index (χ3v) is 8.59. The molecule has 10 heteroatoms. The lowest BCUT2D eigenvalue weighted by Gasteiger charge is -2.41. The van der Waals surface area contributed by atoms with Crippen molar-refractivity contribution >= 4 is 32.4 Å². The summed E-state index contributed by atoms with van der Waals surface area (Å²) in [5, 5.41) is 6.25. The zero-order chi connectivity index (χ0) is 25.5. The molecular weight excluding hydrogens is 510 g/mol. The summed E-state index contributed by atoms with van der Waals surface area (Å²) < 4.78 is 29.4. The Morgan fingerprint density at radius 1 is 1.19 bits per heavy atom. The summed E-state index contributed by atoms with van der Waals surface area (Å²) in [6.45, 7) is 5.61. The molecule has 194 valence electrons. The van der Waals surface area contributed by atoms with Gasteiger partial charge >= 0.3 is 0 Å². The maximum atomic E-state index is 13.2. The topological polar surface area (TPSA) is 68.6 Å². The third kappa shape index (κ3) is 5.28. The third-order valence-electron chi connectivity index (χ3n) is 7.34. The van der Waals surface area contributed by atoms with Crippen molar-refractivity contribution in [2.75, 3.05) is 26.3 Å². The maximum absolute atomic E-state index is 13.2. The first-order valence-electron chi connectivity index (χ1n) is 12.6. The van der Waals surface area contributed by atoms with Crippen LogP contribution in [0.3, 0.4) is 0 Å². The summed E-state index contributed by atoms with van der Waals surface area (Å²) in [5.41, 5.74) is 6.99. The molecule has 1 aromatic heterocycles. The van der Waals surface area contributed by atoms with Crippen molar-refractivity contribution in [3.05, 3.63) is 58.7 Å². The standard InChI is InChI=1S/C27H30FN4O3PS/c1-16-6-19(18-3-2-17-4-5-34-14-20(17)7-18)8-24(36)23(16)9-25(33)30-37-26-10-27-32(29-26)13-22(15-35-27)31-11-21(28)12-31/h2-3,6-8,10,21-22H,4-5,9,11-15,36H2,1H3,(H,30,33)/t22-/m1/s1. The fraction of sp³-hybridized carbons (Fsp3) is 0.407. The SMILES string of the molecule is Cc1cc(-c2ccc3c(c2)COCC3)cc(P)c1CC(=O)NSc1cc2n(n1)C[C@@H](N1CC(F)C1)CO2. The molecule has 1 amide bonds. The van der Waals surface area contributed by atoms with Gasteiger partial charge in [-0.15, -0.1) is 9.24 Å². The summed E-state index contributed by atoms with van der Waals surface area (Å²) in [7, 11) is 2.79. The number of aryl methyl sites for hydroxylation is 1. The van der Waals surface area contributed by atoms with Crippen LogP contribution in [-0.2, 0) is 35.5 Å². The highest BCUT2D eigenvalue weighted by atomic mass is 32.2. The molecular formula is C27H30FN4O3PS. The van der Waals surface area contributed by atoms with Crippen LogP contribution >= 0.6 is 21.2 Å². The van der Waals surface area contributed by atoms with Gasteiger partial charge in [0.15, 0.2) is 0 Å². The van der Waals surface area contributed by atoms with Crippen LogP contribution < -0.4 is 14.8 Å². The smallest absolute Gasteiger partial charge is 0.234 e. The second kappa shape index (κ2) is 10.4. The quantitative estimate of drug-likeness (QED) is 0.383. The lowest BCUT2D eigenvalue weighted by atomic mass is 9.94. The van der Waals surface area contributed by atoms with Gasteiger partial charge in [0.2, 0.25) is 11.8 Å². The van der Waals surface area contributed by atoms with Crippen LogP contribution in [0.15, 0.2) is 41.4 Å². The summed E-state index contributed by atoms with van der Waals surface area (Å²) in [6, 6.07) is 12.8. The van der Waals surface area contributed by atoms with E-state index in [1.54, 1.807) is 4.68 Å². The molecule has 3 aliphatic rings. The van der Waals surface area contributed by atoms with Crippen molar-refractivity contribution in [2.24, 2.45) is 0 Å². The molecule has 7 nitrogen and oxygen atoms in total. The molecule has 3 aromatic rings. The number of carbonyl (C=O) groups excluding carboxylic acids is 1. The van der Waals surface area contributed by atoms with Crippen LogP contribution in [-0.4, -0.2) is 59.1 Å². The minimum Gasteiger partial charge on any atom is -0.476 e. The van der Waals surface area contributed by atoms with Crippen LogP contribution in [0.1, 0.15) is 22.3 Å². The van der Waals surface area contributed by atoms with E-state index in [0.29, 0.717) is 43.8 Å². The van der Waals surface area contributed by atoms with Gasteiger partial charge in [-0.1, -0.05) is 18.2 Å².